The maximum atomic E-state index is 13.0. The maximum absolute atomic E-state index is 13.0. The van der Waals surface area contributed by atoms with Crippen molar-refractivity contribution in [3.05, 3.63) is 51.2 Å². The fraction of sp³-hybridized carbons (Fsp3) is 0.231. The lowest BCUT2D eigenvalue weighted by Gasteiger charge is -2.24. The van der Waals surface area contributed by atoms with E-state index in [1.54, 1.807) is 12.1 Å². The molecule has 0 spiro atoms. The number of aromatic amines is 1. The molecular formula is C13H14BrFN4O. The Hall–Kier alpha value is -1.73. The van der Waals surface area contributed by atoms with Crippen LogP contribution in [0.15, 0.2) is 39.9 Å². The second-order valence-corrected chi connectivity index (χ2v) is 4.93. The van der Waals surface area contributed by atoms with Gasteiger partial charge < -0.3 is 15.6 Å². The first kappa shape index (κ1) is 14.7. The van der Waals surface area contributed by atoms with Gasteiger partial charge in [-0.25, -0.2) is 9.37 Å². The fourth-order valence-corrected chi connectivity index (χ4v) is 2.22. The van der Waals surface area contributed by atoms with Crippen LogP contribution in [0.1, 0.15) is 6.42 Å². The van der Waals surface area contributed by atoms with E-state index in [4.69, 9.17) is 5.73 Å². The molecule has 106 valence electrons. The molecule has 0 saturated carbocycles. The van der Waals surface area contributed by atoms with Crippen LogP contribution in [-0.4, -0.2) is 23.1 Å². The van der Waals surface area contributed by atoms with Crippen molar-refractivity contribution in [2.24, 2.45) is 5.73 Å². The third-order valence-corrected chi connectivity index (χ3v) is 3.47. The van der Waals surface area contributed by atoms with Gasteiger partial charge >= 0.3 is 0 Å². The number of H-pyrrole nitrogens is 1. The van der Waals surface area contributed by atoms with Crippen LogP contribution < -0.4 is 16.2 Å². The van der Waals surface area contributed by atoms with Gasteiger partial charge in [0.15, 0.2) is 5.82 Å². The average Bonchev–Trinajstić information content (AvgIpc) is 2.45. The topological polar surface area (TPSA) is 75.0 Å². The minimum Gasteiger partial charge on any atom is -0.330 e. The molecule has 0 aliphatic rings. The monoisotopic (exact) mass is 340 g/mol. The van der Waals surface area contributed by atoms with Crippen LogP contribution in [0.2, 0.25) is 0 Å². The molecular weight excluding hydrogens is 327 g/mol. The third kappa shape index (κ3) is 3.23. The Morgan fingerprint density at radius 1 is 1.35 bits per heavy atom. The number of hydrogen-bond donors (Lipinski definition) is 2. The standard InChI is InChI=1S/C13H14BrFN4O/c14-11-12(17-8-18-13(11)20)19(7-1-6-16)10-4-2-9(15)3-5-10/h2-5,8H,1,6-7,16H2,(H,17,18,20). The molecule has 2 aromatic rings. The second-order valence-electron chi connectivity index (χ2n) is 4.14. The van der Waals surface area contributed by atoms with Crippen molar-refractivity contribution in [2.75, 3.05) is 18.0 Å². The van der Waals surface area contributed by atoms with Crippen molar-refractivity contribution in [3.8, 4) is 0 Å². The van der Waals surface area contributed by atoms with Gasteiger partial charge in [-0.15, -0.1) is 0 Å². The van der Waals surface area contributed by atoms with E-state index in [2.05, 4.69) is 25.9 Å². The predicted molar refractivity (Wildman–Crippen MR) is 79.6 cm³/mol. The first-order valence-corrected chi connectivity index (χ1v) is 6.89. The van der Waals surface area contributed by atoms with Crippen molar-refractivity contribution in [2.45, 2.75) is 6.42 Å². The van der Waals surface area contributed by atoms with Crippen molar-refractivity contribution in [3.63, 3.8) is 0 Å². The summed E-state index contributed by atoms with van der Waals surface area (Å²) in [7, 11) is 0. The van der Waals surface area contributed by atoms with Crippen LogP contribution in [0.25, 0.3) is 0 Å². The quantitative estimate of drug-likeness (QED) is 0.874. The summed E-state index contributed by atoms with van der Waals surface area (Å²) in [6.45, 7) is 1.09. The summed E-state index contributed by atoms with van der Waals surface area (Å²) < 4.78 is 13.4. The van der Waals surface area contributed by atoms with Gasteiger partial charge in [-0.3, -0.25) is 4.79 Å². The molecule has 0 fully saturated rings. The summed E-state index contributed by atoms with van der Waals surface area (Å²) in [6.07, 6.45) is 2.06. The normalized spacial score (nSPS) is 10.6. The number of nitrogens with one attached hydrogen (secondary N) is 1. The number of hydrogen-bond acceptors (Lipinski definition) is 4. The number of benzene rings is 1. The number of rotatable bonds is 5. The van der Waals surface area contributed by atoms with Crippen LogP contribution in [0.3, 0.4) is 0 Å². The summed E-state index contributed by atoms with van der Waals surface area (Å²) in [5.41, 5.74) is 6.02. The van der Waals surface area contributed by atoms with E-state index in [1.165, 1.54) is 18.5 Å². The highest BCUT2D eigenvalue weighted by molar-refractivity contribution is 9.10. The first-order valence-electron chi connectivity index (χ1n) is 6.10. The Labute approximate surface area is 123 Å². The highest BCUT2D eigenvalue weighted by atomic mass is 79.9. The SMILES string of the molecule is NCCCN(c1ccc(F)cc1)c1nc[nH]c(=O)c1Br. The molecule has 0 aliphatic carbocycles. The lowest BCUT2D eigenvalue weighted by molar-refractivity contribution is 0.627. The number of nitrogens with zero attached hydrogens (tertiary/aromatic N) is 2. The van der Waals surface area contributed by atoms with Crippen LogP contribution in [0.5, 0.6) is 0 Å². The van der Waals surface area contributed by atoms with E-state index in [-0.39, 0.29) is 11.4 Å². The maximum Gasteiger partial charge on any atom is 0.267 e. The zero-order valence-electron chi connectivity index (χ0n) is 10.6. The van der Waals surface area contributed by atoms with Crippen molar-refractivity contribution in [1.29, 1.82) is 0 Å². The lowest BCUT2D eigenvalue weighted by Crippen LogP contribution is -2.24. The number of aromatic nitrogens is 2. The molecule has 5 nitrogen and oxygen atoms in total. The number of nitrogens with two attached hydrogens (primary N) is 1. The van der Waals surface area contributed by atoms with Gasteiger partial charge in [0, 0.05) is 12.2 Å². The van der Waals surface area contributed by atoms with Crippen molar-refractivity contribution in [1.82, 2.24) is 9.97 Å². The molecule has 2 rings (SSSR count). The molecule has 0 unspecified atom stereocenters. The van der Waals surface area contributed by atoms with Crippen LogP contribution in [-0.2, 0) is 0 Å². The Balaban J connectivity index is 2.44. The highest BCUT2D eigenvalue weighted by Gasteiger charge is 2.15. The molecule has 0 radical (unpaired) electrons. The van der Waals surface area contributed by atoms with Gasteiger partial charge in [-0.05, 0) is 53.2 Å². The van der Waals surface area contributed by atoms with E-state index in [0.717, 1.165) is 12.1 Å². The van der Waals surface area contributed by atoms with E-state index in [0.29, 0.717) is 23.4 Å². The molecule has 0 atom stereocenters. The minimum absolute atomic E-state index is 0.269. The zero-order chi connectivity index (χ0) is 14.5. The van der Waals surface area contributed by atoms with Gasteiger partial charge in [0.2, 0.25) is 0 Å². The van der Waals surface area contributed by atoms with Crippen molar-refractivity contribution >= 4 is 27.4 Å². The fourth-order valence-electron chi connectivity index (χ4n) is 1.79. The second kappa shape index (κ2) is 6.62. The Morgan fingerprint density at radius 2 is 2.05 bits per heavy atom. The van der Waals surface area contributed by atoms with Crippen LogP contribution >= 0.6 is 15.9 Å². The molecule has 1 aromatic carbocycles. The summed E-state index contributed by atoms with van der Waals surface area (Å²) in [4.78, 5) is 20.1. The Bertz CT molecular complexity index is 629. The van der Waals surface area contributed by atoms with Gasteiger partial charge in [0.05, 0.1) is 6.33 Å². The molecule has 3 N–H and O–H groups in total. The summed E-state index contributed by atoms with van der Waals surface area (Å²) in [5.74, 6) is 0.166. The molecule has 1 aromatic heterocycles. The van der Waals surface area contributed by atoms with E-state index in [1.807, 2.05) is 4.90 Å². The largest absolute Gasteiger partial charge is 0.330 e. The zero-order valence-corrected chi connectivity index (χ0v) is 12.2. The van der Waals surface area contributed by atoms with Gasteiger partial charge in [-0.1, -0.05) is 0 Å². The Kier molecular flexibility index (Phi) is 4.86. The Morgan fingerprint density at radius 3 is 2.70 bits per heavy atom. The smallest absolute Gasteiger partial charge is 0.267 e. The molecule has 0 amide bonds. The van der Waals surface area contributed by atoms with Crippen molar-refractivity contribution < 1.29 is 4.39 Å². The first-order chi connectivity index (χ1) is 9.63. The summed E-state index contributed by atoms with van der Waals surface area (Å²) in [6, 6.07) is 6.01. The van der Waals surface area contributed by atoms with E-state index >= 15 is 0 Å². The van der Waals surface area contributed by atoms with Crippen LogP contribution in [0.4, 0.5) is 15.9 Å². The molecule has 20 heavy (non-hydrogen) atoms. The lowest BCUT2D eigenvalue weighted by atomic mass is 10.2. The van der Waals surface area contributed by atoms with Crippen LogP contribution in [0, 0.1) is 5.82 Å². The number of anilines is 2. The summed E-state index contributed by atoms with van der Waals surface area (Å²) >= 11 is 3.23. The van der Waals surface area contributed by atoms with E-state index < -0.39 is 0 Å². The number of halogens is 2. The minimum atomic E-state index is -0.314. The van der Waals surface area contributed by atoms with E-state index in [9.17, 15) is 9.18 Å². The highest BCUT2D eigenvalue weighted by Crippen LogP contribution is 2.27. The molecule has 7 heteroatoms. The third-order valence-electron chi connectivity index (χ3n) is 2.76. The van der Waals surface area contributed by atoms with Gasteiger partial charge in [-0.2, -0.15) is 0 Å². The average molecular weight is 341 g/mol. The molecule has 1 heterocycles. The molecule has 0 bridgehead atoms. The molecule has 0 saturated heterocycles. The molecule has 0 aliphatic heterocycles. The van der Waals surface area contributed by atoms with Gasteiger partial charge in [0.1, 0.15) is 10.3 Å². The summed E-state index contributed by atoms with van der Waals surface area (Å²) in [5, 5.41) is 0. The predicted octanol–water partition coefficient (Wildman–Crippen LogP) is 2.16. The van der Waals surface area contributed by atoms with Gasteiger partial charge in [0.25, 0.3) is 5.56 Å².